The molecule has 6 nitrogen and oxygen atoms in total. The van der Waals surface area contributed by atoms with E-state index in [9.17, 15) is 13.2 Å². The Bertz CT molecular complexity index is 696. The van der Waals surface area contributed by atoms with E-state index in [4.69, 9.17) is 4.74 Å². The fourth-order valence-corrected chi connectivity index (χ4v) is 4.51. The zero-order valence-corrected chi connectivity index (χ0v) is 15.5. The van der Waals surface area contributed by atoms with Gasteiger partial charge in [0.05, 0.1) is 17.5 Å². The molecule has 2 N–H and O–H groups in total. The first-order chi connectivity index (χ1) is 11.2. The van der Waals surface area contributed by atoms with Gasteiger partial charge in [-0.1, -0.05) is 6.07 Å². The van der Waals surface area contributed by atoms with E-state index in [1.165, 1.54) is 0 Å². The minimum atomic E-state index is -3.74. The van der Waals surface area contributed by atoms with Crippen molar-refractivity contribution in [3.63, 3.8) is 0 Å². The summed E-state index contributed by atoms with van der Waals surface area (Å²) in [5.41, 5.74) is 3.26. The normalized spacial score (nSPS) is 17.9. The molecule has 1 aromatic carbocycles. The number of ether oxygens (including phenoxy) is 1. The Morgan fingerprint density at radius 1 is 1.21 bits per heavy atom. The van der Waals surface area contributed by atoms with Crippen LogP contribution in [-0.2, 0) is 19.6 Å². The molecule has 2 rings (SSSR count). The lowest BCUT2D eigenvalue weighted by Crippen LogP contribution is -2.40. The predicted octanol–water partition coefficient (Wildman–Crippen LogP) is 1.49. The van der Waals surface area contributed by atoms with Gasteiger partial charge in [0.2, 0.25) is 15.9 Å². The van der Waals surface area contributed by atoms with Crippen LogP contribution in [0.1, 0.15) is 35.1 Å². The fourth-order valence-electron chi connectivity index (χ4n) is 2.91. The summed E-state index contributed by atoms with van der Waals surface area (Å²) in [4.78, 5) is 12.2. The summed E-state index contributed by atoms with van der Waals surface area (Å²) in [6.07, 6.45) is 1.96. The summed E-state index contributed by atoms with van der Waals surface area (Å²) in [6.45, 7) is 8.20. The van der Waals surface area contributed by atoms with E-state index in [1.807, 2.05) is 19.9 Å². The van der Waals surface area contributed by atoms with Gasteiger partial charge >= 0.3 is 0 Å². The average Bonchev–Trinajstić information content (AvgIpc) is 3.02. The van der Waals surface area contributed by atoms with Crippen LogP contribution in [-0.4, -0.2) is 40.1 Å². The van der Waals surface area contributed by atoms with Crippen molar-refractivity contribution in [3.8, 4) is 0 Å². The molecule has 1 aliphatic rings. The van der Waals surface area contributed by atoms with Crippen LogP contribution in [0.2, 0.25) is 0 Å². The Kier molecular flexibility index (Phi) is 6.01. The maximum atomic E-state index is 12.6. The molecule has 0 bridgehead atoms. The number of benzene rings is 1. The Morgan fingerprint density at radius 2 is 1.83 bits per heavy atom. The molecular weight excluding hydrogens is 328 g/mol. The summed E-state index contributed by atoms with van der Waals surface area (Å²) in [6, 6.07) is 1.97. The van der Waals surface area contributed by atoms with Gasteiger partial charge in [-0.2, -0.15) is 0 Å². The Balaban J connectivity index is 2.02. The van der Waals surface area contributed by atoms with Gasteiger partial charge in [0.15, 0.2) is 0 Å². The number of hydrogen-bond donors (Lipinski definition) is 2. The molecule has 1 aromatic rings. The van der Waals surface area contributed by atoms with Crippen molar-refractivity contribution in [1.82, 2.24) is 10.0 Å². The monoisotopic (exact) mass is 354 g/mol. The van der Waals surface area contributed by atoms with E-state index in [-0.39, 0.29) is 23.5 Å². The number of hydrogen-bond acceptors (Lipinski definition) is 4. The van der Waals surface area contributed by atoms with Crippen molar-refractivity contribution in [2.24, 2.45) is 0 Å². The lowest BCUT2D eigenvalue weighted by Gasteiger charge is -2.16. The number of aryl methyl sites for hydroxylation is 2. The number of carbonyl (C=O) groups excluding carboxylic acids is 1. The third-order valence-corrected chi connectivity index (χ3v) is 6.21. The Morgan fingerprint density at radius 3 is 2.38 bits per heavy atom. The number of rotatable bonds is 6. The van der Waals surface area contributed by atoms with E-state index in [0.717, 1.165) is 30.6 Å². The predicted molar refractivity (Wildman–Crippen MR) is 92.6 cm³/mol. The second-order valence-corrected chi connectivity index (χ2v) is 8.06. The van der Waals surface area contributed by atoms with E-state index in [2.05, 4.69) is 10.0 Å². The molecule has 1 amide bonds. The van der Waals surface area contributed by atoms with Crippen LogP contribution in [0.15, 0.2) is 11.0 Å². The topological polar surface area (TPSA) is 84.5 Å². The zero-order chi connectivity index (χ0) is 17.9. The number of amides is 1. The molecule has 0 spiro atoms. The van der Waals surface area contributed by atoms with E-state index in [1.54, 1.807) is 13.8 Å². The molecule has 0 aliphatic carbocycles. The molecule has 1 saturated heterocycles. The Labute approximate surface area is 144 Å². The highest BCUT2D eigenvalue weighted by Gasteiger charge is 2.23. The van der Waals surface area contributed by atoms with Gasteiger partial charge in [0.25, 0.3) is 0 Å². The third kappa shape index (κ3) is 4.34. The van der Waals surface area contributed by atoms with Gasteiger partial charge in [-0.25, -0.2) is 13.1 Å². The van der Waals surface area contributed by atoms with Gasteiger partial charge < -0.3 is 10.1 Å². The first-order valence-corrected chi connectivity index (χ1v) is 9.66. The minimum absolute atomic E-state index is 0.0365. The van der Waals surface area contributed by atoms with Crippen molar-refractivity contribution >= 4 is 15.9 Å². The number of carbonyl (C=O) groups is 1. The molecule has 0 aromatic heterocycles. The lowest BCUT2D eigenvalue weighted by molar-refractivity contribution is -0.120. The fraction of sp³-hybridized carbons (Fsp3) is 0.588. The van der Waals surface area contributed by atoms with E-state index < -0.39 is 10.0 Å². The third-order valence-electron chi connectivity index (χ3n) is 4.54. The van der Waals surface area contributed by atoms with Crippen LogP contribution < -0.4 is 10.0 Å². The molecular formula is C17H26N2O4S. The minimum Gasteiger partial charge on any atom is -0.376 e. The van der Waals surface area contributed by atoms with Gasteiger partial charge in [0.1, 0.15) is 0 Å². The molecule has 0 saturated carbocycles. The molecule has 134 valence electrons. The highest BCUT2D eigenvalue weighted by Crippen LogP contribution is 2.25. The summed E-state index contributed by atoms with van der Waals surface area (Å²) < 4.78 is 33.1. The van der Waals surface area contributed by atoms with E-state index in [0.29, 0.717) is 17.7 Å². The quantitative estimate of drug-likeness (QED) is 0.811. The maximum absolute atomic E-state index is 12.6. The number of sulfonamides is 1. The first kappa shape index (κ1) is 18.9. The van der Waals surface area contributed by atoms with Gasteiger partial charge in [-0.3, -0.25) is 4.79 Å². The van der Waals surface area contributed by atoms with Crippen molar-refractivity contribution in [1.29, 1.82) is 0 Å². The summed E-state index contributed by atoms with van der Waals surface area (Å²) >= 11 is 0. The molecule has 0 radical (unpaired) electrons. The highest BCUT2D eigenvalue weighted by molar-refractivity contribution is 7.89. The molecule has 1 atom stereocenters. The molecule has 1 heterocycles. The maximum Gasteiger partial charge on any atom is 0.241 e. The molecule has 1 unspecified atom stereocenters. The van der Waals surface area contributed by atoms with E-state index >= 15 is 0 Å². The highest BCUT2D eigenvalue weighted by atomic mass is 32.2. The lowest BCUT2D eigenvalue weighted by atomic mass is 10.0. The van der Waals surface area contributed by atoms with Gasteiger partial charge in [-0.15, -0.1) is 0 Å². The van der Waals surface area contributed by atoms with Crippen LogP contribution in [0.25, 0.3) is 0 Å². The Hall–Kier alpha value is -1.44. The summed E-state index contributed by atoms with van der Waals surface area (Å²) in [5.74, 6) is -0.353. The largest absolute Gasteiger partial charge is 0.376 e. The molecule has 7 heteroatoms. The second-order valence-electron chi connectivity index (χ2n) is 6.35. The van der Waals surface area contributed by atoms with Crippen molar-refractivity contribution < 1.29 is 17.9 Å². The van der Waals surface area contributed by atoms with Gasteiger partial charge in [0, 0.05) is 13.2 Å². The van der Waals surface area contributed by atoms with Crippen LogP contribution >= 0.6 is 0 Å². The van der Waals surface area contributed by atoms with Crippen molar-refractivity contribution in [2.45, 2.75) is 51.5 Å². The standard InChI is InChI=1S/C17H26N2O4S/c1-11-8-12(2)14(4)17(13(11)3)24(21,22)19-10-16(20)18-9-15-6-5-7-23-15/h8,15,19H,5-7,9-10H2,1-4H3,(H,18,20). The number of nitrogens with one attached hydrogen (secondary N) is 2. The summed E-state index contributed by atoms with van der Waals surface area (Å²) in [5, 5.41) is 2.71. The average molecular weight is 354 g/mol. The van der Waals surface area contributed by atoms with Crippen molar-refractivity contribution in [2.75, 3.05) is 19.7 Å². The summed E-state index contributed by atoms with van der Waals surface area (Å²) in [7, 11) is -3.74. The van der Waals surface area contributed by atoms with Crippen LogP contribution in [0, 0.1) is 27.7 Å². The SMILES string of the molecule is Cc1cc(C)c(C)c(S(=O)(=O)NCC(=O)NCC2CCCO2)c1C. The molecule has 1 aliphatic heterocycles. The van der Waals surface area contributed by atoms with Crippen LogP contribution in [0.3, 0.4) is 0 Å². The van der Waals surface area contributed by atoms with Crippen LogP contribution in [0.4, 0.5) is 0 Å². The first-order valence-electron chi connectivity index (χ1n) is 8.17. The van der Waals surface area contributed by atoms with Gasteiger partial charge in [-0.05, 0) is 62.8 Å². The zero-order valence-electron chi connectivity index (χ0n) is 14.7. The smallest absolute Gasteiger partial charge is 0.241 e. The van der Waals surface area contributed by atoms with Crippen molar-refractivity contribution in [3.05, 3.63) is 28.3 Å². The van der Waals surface area contributed by atoms with Crippen LogP contribution in [0.5, 0.6) is 0 Å². The second kappa shape index (κ2) is 7.63. The molecule has 24 heavy (non-hydrogen) atoms. The molecule has 1 fully saturated rings.